The Kier molecular flexibility index (Phi) is 7.72. The fraction of sp³-hybridized carbons (Fsp3) is 0.333. The summed E-state index contributed by atoms with van der Waals surface area (Å²) in [5.41, 5.74) is 2.80. The first-order valence-corrected chi connectivity index (χ1v) is 11.8. The summed E-state index contributed by atoms with van der Waals surface area (Å²) in [7, 11) is 0. The second-order valence-electron chi connectivity index (χ2n) is 8.03. The minimum Gasteiger partial charge on any atom is -0.492 e. The second kappa shape index (κ2) is 11.1. The Balaban J connectivity index is 1.58. The highest BCUT2D eigenvalue weighted by atomic mass is 16.5. The van der Waals surface area contributed by atoms with Crippen molar-refractivity contribution in [2.75, 3.05) is 49.7 Å². The number of carbonyl (C=O) groups is 2. The number of rotatable bonds is 9. The van der Waals surface area contributed by atoms with Gasteiger partial charge in [-0.2, -0.15) is 0 Å². The molecule has 1 aromatic heterocycles. The first-order valence-electron chi connectivity index (χ1n) is 11.8. The standard InChI is InChI=1S/C27H30N2O6/c1-4-33-25-17-22(29-12-14-32-15-13-29)26(34-5-2)16-21(25)28-27(31)24-11-10-23(35-24)20-8-6-19(7-9-20)18(3)30/h6-11,16-17H,4-5,12-15H2,1-3H3,(H,28,31). The van der Waals surface area contributed by atoms with E-state index in [9.17, 15) is 9.59 Å². The van der Waals surface area contributed by atoms with Crippen LogP contribution in [-0.2, 0) is 4.74 Å². The van der Waals surface area contributed by atoms with Gasteiger partial charge in [-0.3, -0.25) is 9.59 Å². The van der Waals surface area contributed by atoms with E-state index in [1.165, 1.54) is 6.92 Å². The molecule has 0 aliphatic carbocycles. The maximum atomic E-state index is 13.0. The molecule has 2 aromatic carbocycles. The van der Waals surface area contributed by atoms with Crippen molar-refractivity contribution < 1.29 is 28.2 Å². The maximum Gasteiger partial charge on any atom is 0.291 e. The van der Waals surface area contributed by atoms with Gasteiger partial charge in [0.2, 0.25) is 0 Å². The Morgan fingerprint density at radius 2 is 1.63 bits per heavy atom. The van der Waals surface area contributed by atoms with E-state index in [1.54, 1.807) is 42.5 Å². The van der Waals surface area contributed by atoms with E-state index in [1.807, 2.05) is 19.9 Å². The van der Waals surface area contributed by atoms with Gasteiger partial charge in [-0.1, -0.05) is 24.3 Å². The third-order valence-electron chi connectivity index (χ3n) is 5.67. The average Bonchev–Trinajstić information content (AvgIpc) is 3.37. The maximum absolute atomic E-state index is 13.0. The molecule has 1 aliphatic heterocycles. The number of anilines is 2. The number of Topliss-reactive ketones (excluding diaryl/α,β-unsaturated/α-hetero) is 1. The Labute approximate surface area is 204 Å². The molecule has 1 aliphatic rings. The molecule has 0 bridgehead atoms. The van der Waals surface area contributed by atoms with Crippen LogP contribution in [0.3, 0.4) is 0 Å². The smallest absolute Gasteiger partial charge is 0.291 e. The van der Waals surface area contributed by atoms with Gasteiger partial charge >= 0.3 is 0 Å². The van der Waals surface area contributed by atoms with Gasteiger partial charge in [0.25, 0.3) is 5.91 Å². The van der Waals surface area contributed by atoms with Gasteiger partial charge in [0.15, 0.2) is 11.5 Å². The number of nitrogens with zero attached hydrogens (tertiary/aromatic N) is 1. The van der Waals surface area contributed by atoms with E-state index in [-0.39, 0.29) is 11.5 Å². The zero-order valence-electron chi connectivity index (χ0n) is 20.3. The first-order chi connectivity index (χ1) is 17.0. The lowest BCUT2D eigenvalue weighted by Crippen LogP contribution is -2.36. The van der Waals surface area contributed by atoms with Crippen LogP contribution in [0.15, 0.2) is 52.9 Å². The molecule has 1 amide bonds. The molecule has 1 fully saturated rings. The molecule has 0 atom stereocenters. The largest absolute Gasteiger partial charge is 0.492 e. The summed E-state index contributed by atoms with van der Waals surface area (Å²) in [4.78, 5) is 26.7. The number of hydrogen-bond acceptors (Lipinski definition) is 7. The van der Waals surface area contributed by atoms with Crippen molar-refractivity contribution in [1.82, 2.24) is 0 Å². The fourth-order valence-corrected chi connectivity index (χ4v) is 3.91. The summed E-state index contributed by atoms with van der Waals surface area (Å²) >= 11 is 0. The summed E-state index contributed by atoms with van der Waals surface area (Å²) in [6, 6.07) is 14.1. The van der Waals surface area contributed by atoms with Gasteiger partial charge in [0.05, 0.1) is 37.8 Å². The SMILES string of the molecule is CCOc1cc(N2CCOCC2)c(OCC)cc1NC(=O)c1ccc(-c2ccc(C(C)=O)cc2)o1. The Morgan fingerprint density at radius 1 is 0.943 bits per heavy atom. The summed E-state index contributed by atoms with van der Waals surface area (Å²) < 4.78 is 23.0. The molecule has 3 aromatic rings. The highest BCUT2D eigenvalue weighted by Gasteiger charge is 2.21. The topological polar surface area (TPSA) is 90.2 Å². The summed E-state index contributed by atoms with van der Waals surface area (Å²) in [5.74, 6) is 1.50. The molecule has 0 spiro atoms. The highest BCUT2D eigenvalue weighted by molar-refractivity contribution is 6.04. The van der Waals surface area contributed by atoms with Crippen LogP contribution in [0.2, 0.25) is 0 Å². The molecule has 0 radical (unpaired) electrons. The van der Waals surface area contributed by atoms with Gasteiger partial charge in [-0.25, -0.2) is 0 Å². The number of hydrogen-bond donors (Lipinski definition) is 1. The fourth-order valence-electron chi connectivity index (χ4n) is 3.91. The Morgan fingerprint density at radius 3 is 2.29 bits per heavy atom. The summed E-state index contributed by atoms with van der Waals surface area (Å²) in [5, 5.41) is 2.90. The summed E-state index contributed by atoms with van der Waals surface area (Å²) in [6.45, 7) is 9.06. The average molecular weight is 479 g/mol. The lowest BCUT2D eigenvalue weighted by molar-refractivity contribution is 0.0994. The van der Waals surface area contributed by atoms with E-state index >= 15 is 0 Å². The molecule has 4 rings (SSSR count). The number of furan rings is 1. The van der Waals surface area contributed by atoms with E-state index in [4.69, 9.17) is 18.6 Å². The van der Waals surface area contributed by atoms with Gasteiger partial charge in [-0.15, -0.1) is 0 Å². The van der Waals surface area contributed by atoms with Crippen LogP contribution in [0.25, 0.3) is 11.3 Å². The minimum atomic E-state index is -0.404. The number of amides is 1. The third-order valence-corrected chi connectivity index (χ3v) is 5.67. The molecular weight excluding hydrogens is 448 g/mol. The quantitative estimate of drug-likeness (QED) is 0.431. The first kappa shape index (κ1) is 24.3. The number of ketones is 1. The molecule has 184 valence electrons. The molecule has 1 N–H and O–H groups in total. The van der Waals surface area contributed by atoms with Crippen molar-refractivity contribution in [1.29, 1.82) is 0 Å². The van der Waals surface area contributed by atoms with Crippen LogP contribution >= 0.6 is 0 Å². The van der Waals surface area contributed by atoms with Crippen molar-refractivity contribution in [3.63, 3.8) is 0 Å². The third kappa shape index (κ3) is 5.66. The Bertz CT molecular complexity index is 1180. The number of nitrogens with one attached hydrogen (secondary N) is 1. The van der Waals surface area contributed by atoms with Gasteiger partial charge in [0, 0.05) is 36.3 Å². The molecule has 0 saturated carbocycles. The minimum absolute atomic E-state index is 0.00720. The molecule has 0 unspecified atom stereocenters. The van der Waals surface area contributed by atoms with Gasteiger partial charge in [0.1, 0.15) is 17.3 Å². The van der Waals surface area contributed by atoms with Crippen LogP contribution in [0.1, 0.15) is 41.7 Å². The van der Waals surface area contributed by atoms with E-state index < -0.39 is 5.91 Å². The predicted octanol–water partition coefficient (Wildman–Crippen LogP) is 5.04. The number of ether oxygens (including phenoxy) is 3. The zero-order valence-corrected chi connectivity index (χ0v) is 20.3. The van der Waals surface area contributed by atoms with Crippen LogP contribution < -0.4 is 19.7 Å². The molecule has 2 heterocycles. The van der Waals surface area contributed by atoms with Gasteiger partial charge < -0.3 is 28.8 Å². The second-order valence-corrected chi connectivity index (χ2v) is 8.03. The molecule has 8 nitrogen and oxygen atoms in total. The number of carbonyl (C=O) groups excluding carboxylic acids is 2. The summed E-state index contributed by atoms with van der Waals surface area (Å²) in [6.07, 6.45) is 0. The zero-order chi connectivity index (χ0) is 24.8. The van der Waals surface area contributed by atoms with Crippen LogP contribution in [0, 0.1) is 0 Å². The monoisotopic (exact) mass is 478 g/mol. The van der Waals surface area contributed by atoms with E-state index in [2.05, 4.69) is 10.2 Å². The van der Waals surface area contributed by atoms with Gasteiger partial charge in [-0.05, 0) is 32.9 Å². The lowest BCUT2D eigenvalue weighted by atomic mass is 10.1. The number of morpholine rings is 1. The van der Waals surface area contributed by atoms with Crippen LogP contribution in [-0.4, -0.2) is 51.2 Å². The van der Waals surface area contributed by atoms with Crippen molar-refractivity contribution in [3.8, 4) is 22.8 Å². The van der Waals surface area contributed by atoms with Crippen molar-refractivity contribution in [3.05, 3.63) is 59.9 Å². The van der Waals surface area contributed by atoms with E-state index in [0.29, 0.717) is 54.9 Å². The lowest BCUT2D eigenvalue weighted by Gasteiger charge is -2.31. The van der Waals surface area contributed by atoms with Crippen LogP contribution in [0.5, 0.6) is 11.5 Å². The van der Waals surface area contributed by atoms with Crippen molar-refractivity contribution >= 4 is 23.1 Å². The number of benzene rings is 2. The molecule has 8 heteroatoms. The Hall–Kier alpha value is -3.78. The highest BCUT2D eigenvalue weighted by Crippen LogP contribution is 2.39. The van der Waals surface area contributed by atoms with E-state index in [0.717, 1.165) is 24.3 Å². The van der Waals surface area contributed by atoms with Crippen molar-refractivity contribution in [2.24, 2.45) is 0 Å². The van der Waals surface area contributed by atoms with Crippen LogP contribution in [0.4, 0.5) is 11.4 Å². The molecular formula is C27H30N2O6. The molecule has 35 heavy (non-hydrogen) atoms. The predicted molar refractivity (Wildman–Crippen MR) is 134 cm³/mol. The molecule has 1 saturated heterocycles. The normalized spacial score (nSPS) is 13.4. The van der Waals surface area contributed by atoms with Crippen molar-refractivity contribution in [2.45, 2.75) is 20.8 Å².